The van der Waals surface area contributed by atoms with E-state index >= 15 is 0 Å². The number of aromatic nitrogens is 2. The minimum Gasteiger partial charge on any atom is -0.354 e. The quantitative estimate of drug-likeness (QED) is 0.743. The van der Waals surface area contributed by atoms with Gasteiger partial charge in [-0.3, -0.25) is 14.3 Å². The van der Waals surface area contributed by atoms with Crippen molar-refractivity contribution in [2.75, 3.05) is 13.1 Å². The zero-order chi connectivity index (χ0) is 19.3. The van der Waals surface area contributed by atoms with E-state index in [2.05, 4.69) is 22.5 Å². The Hall–Kier alpha value is -2.67. The maximum absolute atomic E-state index is 13.3. The van der Waals surface area contributed by atoms with Crippen LogP contribution in [0.25, 0.3) is 10.2 Å². The molecule has 6 nitrogen and oxygen atoms in total. The third-order valence-electron chi connectivity index (χ3n) is 5.86. The first-order valence-electron chi connectivity index (χ1n) is 9.71. The molecule has 2 saturated heterocycles. The van der Waals surface area contributed by atoms with Crippen LogP contribution in [0, 0.1) is 12.8 Å². The molecule has 0 aliphatic carbocycles. The van der Waals surface area contributed by atoms with Gasteiger partial charge in [-0.1, -0.05) is 30.3 Å². The number of benzene rings is 1. The van der Waals surface area contributed by atoms with Crippen LogP contribution < -0.4 is 5.32 Å². The van der Waals surface area contributed by atoms with Gasteiger partial charge >= 0.3 is 0 Å². The molecule has 2 atom stereocenters. The predicted molar refractivity (Wildman–Crippen MR) is 108 cm³/mol. The van der Waals surface area contributed by atoms with Crippen LogP contribution in [0.1, 0.15) is 33.8 Å². The van der Waals surface area contributed by atoms with Gasteiger partial charge in [0.25, 0.3) is 5.91 Å². The van der Waals surface area contributed by atoms with Gasteiger partial charge in [-0.2, -0.15) is 5.10 Å². The largest absolute Gasteiger partial charge is 0.354 e. The summed E-state index contributed by atoms with van der Waals surface area (Å²) >= 11 is 1.50. The number of rotatable bonds is 3. The average Bonchev–Trinajstić information content (AvgIpc) is 3.39. The number of carbonyl (C=O) groups is 2. The number of fused-ring (bicyclic) bond motifs is 2. The van der Waals surface area contributed by atoms with Crippen LogP contribution in [0.3, 0.4) is 0 Å². The molecule has 2 aliphatic heterocycles. The number of hydrogen-bond donors (Lipinski definition) is 1. The normalized spacial score (nSPS) is 21.8. The lowest BCUT2D eigenvalue weighted by molar-refractivity contribution is -0.123. The number of nitrogens with zero attached hydrogens (tertiary/aromatic N) is 3. The Morgan fingerprint density at radius 3 is 2.96 bits per heavy atom. The monoisotopic (exact) mass is 394 g/mol. The number of carbonyl (C=O) groups excluding carboxylic acids is 2. The van der Waals surface area contributed by atoms with Gasteiger partial charge in [-0.25, -0.2) is 0 Å². The molecule has 1 N–H and O–H groups in total. The average molecular weight is 395 g/mol. The first kappa shape index (κ1) is 17.4. The highest BCUT2D eigenvalue weighted by Gasteiger charge is 2.43. The van der Waals surface area contributed by atoms with Crippen LogP contribution in [0.4, 0.5) is 0 Å². The van der Waals surface area contributed by atoms with E-state index in [0.29, 0.717) is 13.1 Å². The number of piperidine rings is 1. The van der Waals surface area contributed by atoms with E-state index in [-0.39, 0.29) is 23.8 Å². The molecule has 2 aromatic heterocycles. The fourth-order valence-electron chi connectivity index (χ4n) is 4.43. The fourth-order valence-corrected chi connectivity index (χ4v) is 5.54. The summed E-state index contributed by atoms with van der Waals surface area (Å²) in [6.07, 6.45) is 1.75. The molecule has 2 fully saturated rings. The van der Waals surface area contributed by atoms with Crippen molar-refractivity contribution < 1.29 is 9.59 Å². The Morgan fingerprint density at radius 1 is 1.32 bits per heavy atom. The van der Waals surface area contributed by atoms with Crippen molar-refractivity contribution in [2.45, 2.75) is 32.4 Å². The summed E-state index contributed by atoms with van der Waals surface area (Å²) in [6.45, 7) is 3.97. The van der Waals surface area contributed by atoms with Crippen molar-refractivity contribution in [3.63, 3.8) is 0 Å². The summed E-state index contributed by atoms with van der Waals surface area (Å²) < 4.78 is 1.99. The van der Waals surface area contributed by atoms with E-state index in [1.54, 1.807) is 0 Å². The van der Waals surface area contributed by atoms with Crippen LogP contribution in [-0.4, -0.2) is 45.6 Å². The van der Waals surface area contributed by atoms with E-state index in [9.17, 15) is 9.59 Å². The summed E-state index contributed by atoms with van der Waals surface area (Å²) in [4.78, 5) is 28.9. The van der Waals surface area contributed by atoms with Gasteiger partial charge < -0.3 is 10.2 Å². The standard InChI is InChI=1S/C21H22N4O2S/c1-13-16-10-18(20(27)24-9-5-8-15-17(24)11-22-19(15)26)28-21(16)25(23-13)12-14-6-3-2-4-7-14/h2-4,6-7,10,15,17H,5,8-9,11-12H2,1H3,(H,22,26)/t15-,17-/m0/s1. The molecule has 0 spiro atoms. The Morgan fingerprint density at radius 2 is 2.14 bits per heavy atom. The topological polar surface area (TPSA) is 67.2 Å². The minimum absolute atomic E-state index is 0.0131. The molecule has 7 heteroatoms. The maximum Gasteiger partial charge on any atom is 0.264 e. The lowest BCUT2D eigenvalue weighted by Crippen LogP contribution is -2.48. The highest BCUT2D eigenvalue weighted by molar-refractivity contribution is 7.20. The smallest absolute Gasteiger partial charge is 0.264 e. The Kier molecular flexibility index (Phi) is 4.19. The Balaban J connectivity index is 1.46. The number of nitrogens with one attached hydrogen (secondary N) is 1. The van der Waals surface area contributed by atoms with Crippen LogP contribution >= 0.6 is 11.3 Å². The van der Waals surface area contributed by atoms with Crippen molar-refractivity contribution in [3.8, 4) is 0 Å². The SMILES string of the molecule is Cc1nn(Cc2ccccc2)c2sc(C(=O)N3CCC[C@@H]4C(=O)NC[C@@H]43)cc12. The summed E-state index contributed by atoms with van der Waals surface area (Å²) in [5, 5.41) is 8.63. The highest BCUT2D eigenvalue weighted by Crippen LogP contribution is 2.33. The molecule has 0 unspecified atom stereocenters. The van der Waals surface area contributed by atoms with Gasteiger partial charge in [0.15, 0.2) is 0 Å². The van der Waals surface area contributed by atoms with Gasteiger partial charge in [0.2, 0.25) is 5.91 Å². The molecule has 3 aromatic rings. The number of aryl methyl sites for hydroxylation is 1. The highest BCUT2D eigenvalue weighted by atomic mass is 32.1. The minimum atomic E-state index is -0.0533. The predicted octanol–water partition coefficient (Wildman–Crippen LogP) is 2.81. The molecule has 28 heavy (non-hydrogen) atoms. The van der Waals surface area contributed by atoms with Crippen LogP contribution in [0.2, 0.25) is 0 Å². The fraction of sp³-hybridized carbons (Fsp3) is 0.381. The molecule has 0 saturated carbocycles. The Bertz CT molecular complexity index is 1060. The lowest BCUT2D eigenvalue weighted by atomic mass is 9.91. The second kappa shape index (κ2) is 6.74. The maximum atomic E-state index is 13.3. The van der Waals surface area contributed by atoms with Crippen molar-refractivity contribution in [3.05, 3.63) is 52.5 Å². The zero-order valence-corrected chi connectivity index (χ0v) is 16.5. The summed E-state index contributed by atoms with van der Waals surface area (Å²) in [7, 11) is 0. The molecule has 5 rings (SSSR count). The molecule has 144 valence electrons. The second-order valence-electron chi connectivity index (χ2n) is 7.62. The summed E-state index contributed by atoms with van der Waals surface area (Å²) in [5.74, 6) is 0.0774. The number of amides is 2. The molecular weight excluding hydrogens is 372 g/mol. The number of thiophene rings is 1. The molecule has 0 radical (unpaired) electrons. The molecule has 2 aliphatic rings. The zero-order valence-electron chi connectivity index (χ0n) is 15.7. The van der Waals surface area contributed by atoms with Crippen molar-refractivity contribution in [2.24, 2.45) is 5.92 Å². The molecule has 2 amide bonds. The van der Waals surface area contributed by atoms with Gasteiger partial charge in [0.1, 0.15) is 4.83 Å². The molecule has 4 heterocycles. The first-order chi connectivity index (χ1) is 13.6. The van der Waals surface area contributed by atoms with E-state index in [0.717, 1.165) is 40.2 Å². The van der Waals surface area contributed by atoms with Gasteiger partial charge in [0, 0.05) is 18.5 Å². The number of hydrogen-bond acceptors (Lipinski definition) is 4. The van der Waals surface area contributed by atoms with E-state index < -0.39 is 0 Å². The first-order valence-corrected chi connectivity index (χ1v) is 10.5. The number of likely N-dealkylation sites (tertiary alicyclic amines) is 1. The summed E-state index contributed by atoms with van der Waals surface area (Å²) in [6, 6.07) is 12.2. The van der Waals surface area contributed by atoms with Crippen molar-refractivity contribution in [1.82, 2.24) is 20.0 Å². The molecule has 1 aromatic carbocycles. The van der Waals surface area contributed by atoms with Gasteiger partial charge in [0.05, 0.1) is 29.1 Å². The van der Waals surface area contributed by atoms with Crippen LogP contribution in [-0.2, 0) is 11.3 Å². The van der Waals surface area contributed by atoms with E-state index in [4.69, 9.17) is 0 Å². The van der Waals surface area contributed by atoms with Gasteiger partial charge in [-0.05, 0) is 31.4 Å². The van der Waals surface area contributed by atoms with Gasteiger partial charge in [-0.15, -0.1) is 11.3 Å². The summed E-state index contributed by atoms with van der Waals surface area (Å²) in [5.41, 5.74) is 2.12. The molecule has 0 bridgehead atoms. The Labute approximate surface area is 167 Å². The van der Waals surface area contributed by atoms with Crippen molar-refractivity contribution >= 4 is 33.4 Å². The third kappa shape index (κ3) is 2.81. The molecular formula is C21H22N4O2S. The van der Waals surface area contributed by atoms with Crippen molar-refractivity contribution in [1.29, 1.82) is 0 Å². The van der Waals surface area contributed by atoms with Crippen LogP contribution in [0.5, 0.6) is 0 Å². The van der Waals surface area contributed by atoms with Crippen LogP contribution in [0.15, 0.2) is 36.4 Å². The second-order valence-corrected chi connectivity index (χ2v) is 8.65. The van der Waals surface area contributed by atoms with E-state index in [1.807, 2.05) is 40.8 Å². The third-order valence-corrected chi connectivity index (χ3v) is 6.99. The van der Waals surface area contributed by atoms with E-state index in [1.165, 1.54) is 16.9 Å². The lowest BCUT2D eigenvalue weighted by Gasteiger charge is -2.35.